The van der Waals surface area contributed by atoms with E-state index in [2.05, 4.69) is 36.1 Å². The molecule has 0 aliphatic carbocycles. The first-order valence-corrected chi connectivity index (χ1v) is 7.81. The van der Waals surface area contributed by atoms with Crippen LogP contribution in [0.1, 0.15) is 57.6 Å². The average Bonchev–Trinajstić information content (AvgIpc) is 2.65. The SMILES string of the molecule is CCCC1CCCN(c2ccc([C@H](C)N)cc2)CC1. The van der Waals surface area contributed by atoms with Crippen molar-refractivity contribution in [3.05, 3.63) is 29.8 Å². The third-order valence-electron chi connectivity index (χ3n) is 4.33. The Kier molecular flexibility index (Phi) is 5.26. The Morgan fingerprint density at radius 1 is 1.21 bits per heavy atom. The molecule has 0 radical (unpaired) electrons. The van der Waals surface area contributed by atoms with E-state index < -0.39 is 0 Å². The number of nitrogens with zero attached hydrogens (tertiary/aromatic N) is 1. The Morgan fingerprint density at radius 2 is 1.95 bits per heavy atom. The van der Waals surface area contributed by atoms with Crippen molar-refractivity contribution in [2.75, 3.05) is 18.0 Å². The minimum absolute atomic E-state index is 0.132. The number of hydrogen-bond acceptors (Lipinski definition) is 2. The van der Waals surface area contributed by atoms with Crippen LogP contribution in [0.15, 0.2) is 24.3 Å². The summed E-state index contributed by atoms with van der Waals surface area (Å²) >= 11 is 0. The number of anilines is 1. The van der Waals surface area contributed by atoms with Crippen molar-refractivity contribution < 1.29 is 0 Å². The number of benzene rings is 1. The lowest BCUT2D eigenvalue weighted by atomic mass is 9.96. The van der Waals surface area contributed by atoms with Crippen molar-refractivity contribution in [3.8, 4) is 0 Å². The first-order valence-electron chi connectivity index (χ1n) is 7.81. The van der Waals surface area contributed by atoms with Crippen LogP contribution in [0.25, 0.3) is 0 Å². The molecule has 19 heavy (non-hydrogen) atoms. The van der Waals surface area contributed by atoms with E-state index in [1.54, 1.807) is 0 Å². The smallest absolute Gasteiger partial charge is 0.0366 e. The Labute approximate surface area is 118 Å². The Hall–Kier alpha value is -1.02. The molecule has 0 amide bonds. The molecule has 2 nitrogen and oxygen atoms in total. The highest BCUT2D eigenvalue weighted by atomic mass is 15.1. The van der Waals surface area contributed by atoms with Crippen molar-refractivity contribution in [3.63, 3.8) is 0 Å². The van der Waals surface area contributed by atoms with Gasteiger partial charge in [-0.25, -0.2) is 0 Å². The quantitative estimate of drug-likeness (QED) is 0.882. The summed E-state index contributed by atoms with van der Waals surface area (Å²) in [5, 5.41) is 0. The fourth-order valence-corrected chi connectivity index (χ4v) is 3.11. The summed E-state index contributed by atoms with van der Waals surface area (Å²) in [5.41, 5.74) is 8.49. The molecule has 1 fully saturated rings. The second-order valence-corrected chi connectivity index (χ2v) is 5.95. The third kappa shape index (κ3) is 3.97. The standard InChI is InChI=1S/C17H28N2/c1-3-5-15-6-4-12-19(13-11-15)17-9-7-16(8-10-17)14(2)18/h7-10,14-15H,3-6,11-13,18H2,1-2H3/t14-,15?/m0/s1. The first kappa shape index (κ1) is 14.4. The highest BCUT2D eigenvalue weighted by Crippen LogP contribution is 2.26. The van der Waals surface area contributed by atoms with Crippen LogP contribution in [0.4, 0.5) is 5.69 Å². The van der Waals surface area contributed by atoms with Gasteiger partial charge >= 0.3 is 0 Å². The fraction of sp³-hybridized carbons (Fsp3) is 0.647. The van der Waals surface area contributed by atoms with E-state index in [1.165, 1.54) is 56.4 Å². The molecule has 1 unspecified atom stereocenters. The van der Waals surface area contributed by atoms with E-state index >= 15 is 0 Å². The molecule has 1 saturated heterocycles. The lowest BCUT2D eigenvalue weighted by molar-refractivity contribution is 0.435. The monoisotopic (exact) mass is 260 g/mol. The summed E-state index contributed by atoms with van der Waals surface area (Å²) in [6, 6.07) is 8.95. The number of nitrogens with two attached hydrogens (primary N) is 1. The predicted molar refractivity (Wildman–Crippen MR) is 83.5 cm³/mol. The van der Waals surface area contributed by atoms with Gasteiger partial charge in [-0.1, -0.05) is 31.9 Å². The molecule has 2 N–H and O–H groups in total. The zero-order chi connectivity index (χ0) is 13.7. The van der Waals surface area contributed by atoms with Gasteiger partial charge in [0, 0.05) is 24.8 Å². The molecule has 1 heterocycles. The Bertz CT molecular complexity index is 369. The zero-order valence-corrected chi connectivity index (χ0v) is 12.4. The van der Waals surface area contributed by atoms with Crippen LogP contribution in [0.2, 0.25) is 0 Å². The number of hydrogen-bond donors (Lipinski definition) is 1. The van der Waals surface area contributed by atoms with Gasteiger partial charge in [-0.2, -0.15) is 0 Å². The topological polar surface area (TPSA) is 29.3 Å². The van der Waals surface area contributed by atoms with Gasteiger partial charge in [-0.05, 0) is 49.8 Å². The van der Waals surface area contributed by atoms with Crippen molar-refractivity contribution >= 4 is 5.69 Å². The summed E-state index contributed by atoms with van der Waals surface area (Å²) in [6.07, 6.45) is 6.82. The van der Waals surface area contributed by atoms with Crippen molar-refractivity contribution in [1.82, 2.24) is 0 Å². The van der Waals surface area contributed by atoms with E-state index in [-0.39, 0.29) is 6.04 Å². The summed E-state index contributed by atoms with van der Waals surface area (Å²) in [7, 11) is 0. The van der Waals surface area contributed by atoms with Crippen LogP contribution in [0.3, 0.4) is 0 Å². The zero-order valence-electron chi connectivity index (χ0n) is 12.4. The van der Waals surface area contributed by atoms with Crippen molar-refractivity contribution in [2.24, 2.45) is 11.7 Å². The fourth-order valence-electron chi connectivity index (χ4n) is 3.11. The summed E-state index contributed by atoms with van der Waals surface area (Å²) < 4.78 is 0. The van der Waals surface area contributed by atoms with Crippen LogP contribution in [0.5, 0.6) is 0 Å². The van der Waals surface area contributed by atoms with Gasteiger partial charge in [0.15, 0.2) is 0 Å². The maximum atomic E-state index is 5.91. The number of rotatable bonds is 4. The van der Waals surface area contributed by atoms with E-state index in [0.29, 0.717) is 0 Å². The third-order valence-corrected chi connectivity index (χ3v) is 4.33. The Balaban J connectivity index is 1.97. The highest BCUT2D eigenvalue weighted by molar-refractivity contribution is 5.48. The molecule has 2 heteroatoms. The Morgan fingerprint density at radius 3 is 2.58 bits per heavy atom. The molecule has 0 bridgehead atoms. The normalized spacial score (nSPS) is 22.1. The lowest BCUT2D eigenvalue weighted by Gasteiger charge is -2.23. The summed E-state index contributed by atoms with van der Waals surface area (Å²) in [6.45, 7) is 6.76. The molecule has 2 atom stereocenters. The average molecular weight is 260 g/mol. The van der Waals surface area contributed by atoms with Gasteiger partial charge in [-0.3, -0.25) is 0 Å². The lowest BCUT2D eigenvalue weighted by Crippen LogP contribution is -2.24. The minimum Gasteiger partial charge on any atom is -0.372 e. The summed E-state index contributed by atoms with van der Waals surface area (Å²) in [5.74, 6) is 0.943. The van der Waals surface area contributed by atoms with Gasteiger partial charge in [-0.15, -0.1) is 0 Å². The highest BCUT2D eigenvalue weighted by Gasteiger charge is 2.16. The molecule has 1 aromatic rings. The predicted octanol–water partition coefficient (Wildman–Crippen LogP) is 4.11. The van der Waals surface area contributed by atoms with E-state index in [4.69, 9.17) is 5.73 Å². The molecule has 0 saturated carbocycles. The first-order chi connectivity index (χ1) is 9.20. The van der Waals surface area contributed by atoms with Gasteiger partial charge in [0.05, 0.1) is 0 Å². The molecule has 1 aliphatic heterocycles. The van der Waals surface area contributed by atoms with Gasteiger partial charge in [0.2, 0.25) is 0 Å². The van der Waals surface area contributed by atoms with Crippen LogP contribution < -0.4 is 10.6 Å². The van der Waals surface area contributed by atoms with Crippen LogP contribution >= 0.6 is 0 Å². The van der Waals surface area contributed by atoms with Crippen LogP contribution in [-0.4, -0.2) is 13.1 Å². The maximum absolute atomic E-state index is 5.91. The minimum atomic E-state index is 0.132. The van der Waals surface area contributed by atoms with Gasteiger partial charge < -0.3 is 10.6 Å². The van der Waals surface area contributed by atoms with E-state index in [0.717, 1.165) is 5.92 Å². The second kappa shape index (κ2) is 6.95. The molecule has 1 aromatic carbocycles. The van der Waals surface area contributed by atoms with Crippen molar-refractivity contribution in [1.29, 1.82) is 0 Å². The molecule has 0 spiro atoms. The van der Waals surface area contributed by atoms with Crippen LogP contribution in [-0.2, 0) is 0 Å². The largest absolute Gasteiger partial charge is 0.372 e. The van der Waals surface area contributed by atoms with Crippen molar-refractivity contribution in [2.45, 2.75) is 52.0 Å². The molecule has 1 aliphatic rings. The van der Waals surface area contributed by atoms with Gasteiger partial charge in [0.25, 0.3) is 0 Å². The second-order valence-electron chi connectivity index (χ2n) is 5.95. The molecular weight excluding hydrogens is 232 g/mol. The summed E-state index contributed by atoms with van der Waals surface area (Å²) in [4.78, 5) is 2.54. The molecular formula is C17H28N2. The van der Waals surface area contributed by atoms with E-state index in [9.17, 15) is 0 Å². The molecule has 106 valence electrons. The van der Waals surface area contributed by atoms with Crippen LogP contribution in [0, 0.1) is 5.92 Å². The molecule has 0 aromatic heterocycles. The maximum Gasteiger partial charge on any atom is 0.0366 e. The molecule has 2 rings (SSSR count). The van der Waals surface area contributed by atoms with Gasteiger partial charge in [0.1, 0.15) is 0 Å². The van der Waals surface area contributed by atoms with E-state index in [1.807, 2.05) is 6.92 Å².